The minimum Gasteiger partial charge on any atom is -0.323 e. The zero-order valence-corrected chi connectivity index (χ0v) is 18.0. The molecule has 2 aliphatic rings. The fraction of sp³-hybridized carbons (Fsp3) is 0.450. The van der Waals surface area contributed by atoms with Crippen LogP contribution < -0.4 is 15.5 Å². The number of aromatic nitrogens is 2. The molecule has 9 nitrogen and oxygen atoms in total. The molecule has 1 atom stereocenters. The predicted octanol–water partition coefficient (Wildman–Crippen LogP) is 2.46. The Hall–Kier alpha value is -2.85. The fourth-order valence-electron chi connectivity index (χ4n) is 3.95. The van der Waals surface area contributed by atoms with Gasteiger partial charge in [0.2, 0.25) is 5.91 Å². The molecule has 2 aromatic heterocycles. The molecule has 4 heterocycles. The number of nitrogens with zero attached hydrogens (tertiary/aromatic N) is 4. The van der Waals surface area contributed by atoms with Gasteiger partial charge in [0.25, 0.3) is 5.91 Å². The fourth-order valence-corrected chi connectivity index (χ4v) is 4.90. The molecular weight excluding hydrogens is 404 g/mol. The first-order valence-corrected chi connectivity index (χ1v) is 10.7. The van der Waals surface area contributed by atoms with E-state index in [1.54, 1.807) is 24.5 Å². The van der Waals surface area contributed by atoms with Gasteiger partial charge in [0.15, 0.2) is 5.13 Å². The summed E-state index contributed by atoms with van der Waals surface area (Å²) in [5, 5.41) is 6.22. The third kappa shape index (κ3) is 3.68. The van der Waals surface area contributed by atoms with Gasteiger partial charge < -0.3 is 10.6 Å². The molecule has 0 radical (unpaired) electrons. The van der Waals surface area contributed by atoms with Gasteiger partial charge in [-0.05, 0) is 38.8 Å². The van der Waals surface area contributed by atoms with Gasteiger partial charge in [0, 0.05) is 42.8 Å². The van der Waals surface area contributed by atoms with E-state index in [0.29, 0.717) is 36.8 Å². The van der Waals surface area contributed by atoms with Gasteiger partial charge in [-0.2, -0.15) is 0 Å². The lowest BCUT2D eigenvalue weighted by atomic mass is 9.87. The van der Waals surface area contributed by atoms with Gasteiger partial charge in [-0.25, -0.2) is 14.7 Å². The van der Waals surface area contributed by atoms with Crippen LogP contribution in [0.5, 0.6) is 0 Å². The maximum Gasteiger partial charge on any atom is 0.329 e. The van der Waals surface area contributed by atoms with Crippen molar-refractivity contribution >= 4 is 40.0 Å². The van der Waals surface area contributed by atoms with Crippen LogP contribution in [0.3, 0.4) is 0 Å². The average molecular weight is 429 g/mol. The lowest BCUT2D eigenvalue weighted by Crippen LogP contribution is -2.55. The Labute approximate surface area is 178 Å². The van der Waals surface area contributed by atoms with Crippen LogP contribution >= 0.6 is 11.3 Å². The number of amides is 4. The molecular formula is C20H24N6O3S. The quantitative estimate of drug-likeness (QED) is 0.725. The SMILES string of the molecule is CC(=O)Nc1ncc([C@H](C)N2CCC3(CC2)NC(=O)N(c2ccc(C)nc2)C3=O)s1. The van der Waals surface area contributed by atoms with Crippen molar-refractivity contribution in [1.29, 1.82) is 0 Å². The Morgan fingerprint density at radius 2 is 1.97 bits per heavy atom. The van der Waals surface area contributed by atoms with E-state index in [1.165, 1.54) is 23.2 Å². The molecule has 0 unspecified atom stereocenters. The molecule has 30 heavy (non-hydrogen) atoms. The summed E-state index contributed by atoms with van der Waals surface area (Å²) >= 11 is 1.45. The van der Waals surface area contributed by atoms with E-state index >= 15 is 0 Å². The molecule has 0 aliphatic carbocycles. The minimum absolute atomic E-state index is 0.104. The molecule has 0 bridgehead atoms. The third-order valence-electron chi connectivity index (χ3n) is 5.73. The van der Waals surface area contributed by atoms with Crippen molar-refractivity contribution in [3.63, 3.8) is 0 Å². The average Bonchev–Trinajstić information content (AvgIpc) is 3.25. The monoisotopic (exact) mass is 428 g/mol. The number of rotatable bonds is 4. The van der Waals surface area contributed by atoms with Crippen molar-refractivity contribution in [1.82, 2.24) is 20.2 Å². The molecule has 10 heteroatoms. The smallest absolute Gasteiger partial charge is 0.323 e. The first-order chi connectivity index (χ1) is 14.3. The zero-order valence-electron chi connectivity index (χ0n) is 17.1. The molecule has 0 saturated carbocycles. The summed E-state index contributed by atoms with van der Waals surface area (Å²) in [7, 11) is 0. The Morgan fingerprint density at radius 1 is 1.23 bits per heavy atom. The minimum atomic E-state index is -0.868. The van der Waals surface area contributed by atoms with E-state index in [0.717, 1.165) is 10.6 Å². The molecule has 158 valence electrons. The van der Waals surface area contributed by atoms with Crippen molar-refractivity contribution in [3.05, 3.63) is 35.1 Å². The van der Waals surface area contributed by atoms with Crippen LogP contribution in [0.15, 0.2) is 24.5 Å². The number of imide groups is 1. The number of hydrogen-bond donors (Lipinski definition) is 2. The number of anilines is 2. The van der Waals surface area contributed by atoms with Crippen LogP contribution in [-0.4, -0.2) is 51.3 Å². The van der Waals surface area contributed by atoms with Crippen LogP contribution in [0.2, 0.25) is 0 Å². The Kier molecular flexibility index (Phi) is 5.29. The third-order valence-corrected chi connectivity index (χ3v) is 6.82. The van der Waals surface area contributed by atoms with Gasteiger partial charge in [0.05, 0.1) is 11.9 Å². The summed E-state index contributed by atoms with van der Waals surface area (Å²) in [6.07, 6.45) is 4.41. The number of hydrogen-bond acceptors (Lipinski definition) is 7. The number of aryl methyl sites for hydroxylation is 1. The molecule has 2 saturated heterocycles. The normalized spacial score (nSPS) is 19.8. The second kappa shape index (κ2) is 7.77. The van der Waals surface area contributed by atoms with E-state index in [-0.39, 0.29) is 17.9 Å². The van der Waals surface area contributed by atoms with Gasteiger partial charge in [0.1, 0.15) is 5.54 Å². The van der Waals surface area contributed by atoms with Crippen LogP contribution in [0.4, 0.5) is 15.6 Å². The van der Waals surface area contributed by atoms with E-state index in [9.17, 15) is 14.4 Å². The zero-order chi connectivity index (χ0) is 21.5. The summed E-state index contributed by atoms with van der Waals surface area (Å²) in [5.74, 6) is -0.358. The molecule has 4 amide bonds. The highest BCUT2D eigenvalue weighted by molar-refractivity contribution is 7.15. The molecule has 2 fully saturated rings. The van der Waals surface area contributed by atoms with Crippen LogP contribution in [0.25, 0.3) is 0 Å². The maximum atomic E-state index is 13.2. The van der Waals surface area contributed by atoms with Gasteiger partial charge in [-0.3, -0.25) is 19.5 Å². The maximum absolute atomic E-state index is 13.2. The van der Waals surface area contributed by atoms with Crippen LogP contribution in [0, 0.1) is 6.92 Å². The van der Waals surface area contributed by atoms with E-state index in [2.05, 4.69) is 32.4 Å². The molecule has 0 aromatic carbocycles. The molecule has 2 aromatic rings. The number of likely N-dealkylation sites (tertiary alicyclic amines) is 1. The number of thiazole rings is 1. The number of piperidine rings is 1. The Bertz CT molecular complexity index is 981. The van der Waals surface area contributed by atoms with Gasteiger partial charge >= 0.3 is 6.03 Å². The molecule has 2 aliphatic heterocycles. The van der Waals surface area contributed by atoms with Crippen molar-refractivity contribution in [2.75, 3.05) is 23.3 Å². The standard InChI is InChI=1S/C20H24N6O3S/c1-12-4-5-15(10-21-12)26-17(28)20(24-19(26)29)6-8-25(9-7-20)13(2)16-11-22-18(30-16)23-14(3)27/h4-5,10-11,13H,6-9H2,1-3H3,(H,24,29)(H,22,23,27)/t13-/m0/s1. The van der Waals surface area contributed by atoms with Crippen molar-refractivity contribution < 1.29 is 14.4 Å². The predicted molar refractivity (Wildman–Crippen MR) is 113 cm³/mol. The van der Waals surface area contributed by atoms with Gasteiger partial charge in [-0.15, -0.1) is 11.3 Å². The topological polar surface area (TPSA) is 108 Å². The number of carbonyl (C=O) groups excluding carboxylic acids is 3. The number of nitrogens with one attached hydrogen (secondary N) is 2. The lowest BCUT2D eigenvalue weighted by Gasteiger charge is -2.39. The number of pyridine rings is 1. The molecule has 4 rings (SSSR count). The van der Waals surface area contributed by atoms with Gasteiger partial charge in [-0.1, -0.05) is 0 Å². The van der Waals surface area contributed by atoms with Crippen LogP contribution in [0.1, 0.15) is 43.3 Å². The second-order valence-corrected chi connectivity index (χ2v) is 8.83. The van der Waals surface area contributed by atoms with Crippen molar-refractivity contribution in [2.45, 2.75) is 45.2 Å². The Morgan fingerprint density at radius 3 is 2.60 bits per heavy atom. The van der Waals surface area contributed by atoms with E-state index < -0.39 is 11.6 Å². The largest absolute Gasteiger partial charge is 0.329 e. The lowest BCUT2D eigenvalue weighted by molar-refractivity contribution is -0.124. The van der Waals surface area contributed by atoms with E-state index in [1.807, 2.05) is 6.92 Å². The number of carbonyl (C=O) groups is 3. The summed E-state index contributed by atoms with van der Waals surface area (Å²) in [4.78, 5) is 49.9. The number of urea groups is 1. The first kappa shape index (κ1) is 20.4. The summed E-state index contributed by atoms with van der Waals surface area (Å²) in [5.41, 5.74) is 0.450. The first-order valence-electron chi connectivity index (χ1n) is 9.86. The van der Waals surface area contributed by atoms with Crippen molar-refractivity contribution in [2.24, 2.45) is 0 Å². The second-order valence-electron chi connectivity index (χ2n) is 7.77. The molecule has 1 spiro atoms. The highest BCUT2D eigenvalue weighted by Gasteiger charge is 2.53. The summed E-state index contributed by atoms with van der Waals surface area (Å²) in [6.45, 7) is 6.73. The van der Waals surface area contributed by atoms with Crippen LogP contribution in [-0.2, 0) is 9.59 Å². The Balaban J connectivity index is 1.44. The molecule has 2 N–H and O–H groups in total. The summed E-state index contributed by atoms with van der Waals surface area (Å²) < 4.78 is 0. The summed E-state index contributed by atoms with van der Waals surface area (Å²) in [6, 6.07) is 3.24. The highest BCUT2D eigenvalue weighted by Crippen LogP contribution is 2.36. The van der Waals surface area contributed by atoms with Crippen molar-refractivity contribution in [3.8, 4) is 0 Å². The highest BCUT2D eigenvalue weighted by atomic mass is 32.1. The van der Waals surface area contributed by atoms with E-state index in [4.69, 9.17) is 0 Å².